The number of benzene rings is 2. The molecule has 122 valence electrons. The molecule has 0 aliphatic heterocycles. The summed E-state index contributed by atoms with van der Waals surface area (Å²) < 4.78 is 0. The van der Waals surface area contributed by atoms with Crippen LogP contribution in [0.2, 0.25) is 0 Å². The number of nitrogens with one attached hydrogen (secondary N) is 2. The quantitative estimate of drug-likeness (QED) is 0.811. The van der Waals surface area contributed by atoms with Crippen molar-refractivity contribution in [1.82, 2.24) is 10.6 Å². The normalized spacial score (nSPS) is 18.4. The van der Waals surface area contributed by atoms with Crippen molar-refractivity contribution < 1.29 is 0 Å². The Kier molecular flexibility index (Phi) is 5.84. The highest BCUT2D eigenvalue weighted by atomic mass is 14.9. The first-order chi connectivity index (χ1) is 11.4. The molecule has 1 aliphatic carbocycles. The minimum Gasteiger partial charge on any atom is -0.314 e. The first-order valence-corrected chi connectivity index (χ1v) is 8.95. The molecule has 0 spiro atoms. The highest BCUT2D eigenvalue weighted by molar-refractivity contribution is 5.30. The first-order valence-electron chi connectivity index (χ1n) is 8.95. The summed E-state index contributed by atoms with van der Waals surface area (Å²) in [5, 5.41) is 7.39. The first kappa shape index (κ1) is 16.2. The Morgan fingerprint density at radius 2 is 1.74 bits per heavy atom. The summed E-state index contributed by atoms with van der Waals surface area (Å²) in [6.45, 7) is 4.26. The van der Waals surface area contributed by atoms with Crippen LogP contribution in [0.4, 0.5) is 0 Å². The summed E-state index contributed by atoms with van der Waals surface area (Å²) in [7, 11) is 0. The van der Waals surface area contributed by atoms with Crippen molar-refractivity contribution in [3.05, 3.63) is 71.3 Å². The van der Waals surface area contributed by atoms with E-state index in [1.54, 1.807) is 5.56 Å². The lowest BCUT2D eigenvalue weighted by Crippen LogP contribution is -2.36. The summed E-state index contributed by atoms with van der Waals surface area (Å²) in [5.74, 6) is 0. The van der Waals surface area contributed by atoms with Gasteiger partial charge in [-0.15, -0.1) is 0 Å². The SMILES string of the molecule is CCNC(CCNC1CCc2ccccc2C1)c1ccccc1. The fraction of sp³-hybridized carbons (Fsp3) is 0.429. The molecule has 0 heterocycles. The summed E-state index contributed by atoms with van der Waals surface area (Å²) in [4.78, 5) is 0. The minimum absolute atomic E-state index is 0.449. The van der Waals surface area contributed by atoms with Gasteiger partial charge in [0, 0.05) is 12.1 Å². The van der Waals surface area contributed by atoms with Gasteiger partial charge in [-0.3, -0.25) is 0 Å². The molecule has 0 saturated carbocycles. The van der Waals surface area contributed by atoms with Gasteiger partial charge < -0.3 is 10.6 Å². The highest BCUT2D eigenvalue weighted by Gasteiger charge is 2.18. The Morgan fingerprint density at radius 1 is 1.00 bits per heavy atom. The zero-order chi connectivity index (χ0) is 15.9. The average Bonchev–Trinajstić information content (AvgIpc) is 2.61. The molecule has 0 amide bonds. The Morgan fingerprint density at radius 3 is 2.52 bits per heavy atom. The fourth-order valence-electron chi connectivity index (χ4n) is 3.62. The summed E-state index contributed by atoms with van der Waals surface area (Å²) in [6, 6.07) is 20.8. The minimum atomic E-state index is 0.449. The predicted octanol–water partition coefficient (Wildman–Crippen LogP) is 3.87. The number of rotatable bonds is 7. The average molecular weight is 308 g/mol. The summed E-state index contributed by atoms with van der Waals surface area (Å²) in [5.41, 5.74) is 4.47. The maximum Gasteiger partial charge on any atom is 0.0332 e. The second-order valence-electron chi connectivity index (χ2n) is 6.47. The van der Waals surface area contributed by atoms with E-state index in [9.17, 15) is 0 Å². The van der Waals surface area contributed by atoms with E-state index >= 15 is 0 Å². The van der Waals surface area contributed by atoms with E-state index in [0.29, 0.717) is 12.1 Å². The van der Waals surface area contributed by atoms with Gasteiger partial charge in [0.05, 0.1) is 0 Å². The van der Waals surface area contributed by atoms with Crippen molar-refractivity contribution in [3.8, 4) is 0 Å². The van der Waals surface area contributed by atoms with Crippen molar-refractivity contribution >= 4 is 0 Å². The van der Waals surface area contributed by atoms with Crippen LogP contribution in [0.15, 0.2) is 54.6 Å². The molecule has 1 aliphatic rings. The Bertz CT molecular complexity index is 594. The van der Waals surface area contributed by atoms with Gasteiger partial charge in [0.25, 0.3) is 0 Å². The van der Waals surface area contributed by atoms with Crippen molar-refractivity contribution in [2.24, 2.45) is 0 Å². The van der Waals surface area contributed by atoms with E-state index in [1.165, 1.54) is 30.4 Å². The van der Waals surface area contributed by atoms with Crippen LogP contribution in [0, 0.1) is 0 Å². The molecule has 2 N–H and O–H groups in total. The molecule has 2 atom stereocenters. The molecular weight excluding hydrogens is 280 g/mol. The lowest BCUT2D eigenvalue weighted by Gasteiger charge is -2.27. The van der Waals surface area contributed by atoms with Crippen LogP contribution in [0.25, 0.3) is 0 Å². The van der Waals surface area contributed by atoms with Gasteiger partial charge in [-0.1, -0.05) is 61.5 Å². The van der Waals surface area contributed by atoms with Gasteiger partial charge in [0.1, 0.15) is 0 Å². The van der Waals surface area contributed by atoms with Gasteiger partial charge in [0.2, 0.25) is 0 Å². The molecule has 3 rings (SSSR count). The zero-order valence-corrected chi connectivity index (χ0v) is 14.1. The van der Waals surface area contributed by atoms with E-state index < -0.39 is 0 Å². The van der Waals surface area contributed by atoms with Crippen LogP contribution in [0.5, 0.6) is 0 Å². The molecule has 0 saturated heterocycles. The van der Waals surface area contributed by atoms with Crippen LogP contribution in [-0.2, 0) is 12.8 Å². The molecule has 0 fully saturated rings. The van der Waals surface area contributed by atoms with E-state index in [-0.39, 0.29) is 0 Å². The highest BCUT2D eigenvalue weighted by Crippen LogP contribution is 2.21. The predicted molar refractivity (Wildman–Crippen MR) is 97.7 cm³/mol. The van der Waals surface area contributed by atoms with Crippen LogP contribution in [0.1, 0.15) is 42.5 Å². The third-order valence-corrected chi connectivity index (χ3v) is 4.87. The van der Waals surface area contributed by atoms with Gasteiger partial charge in [-0.2, -0.15) is 0 Å². The third-order valence-electron chi connectivity index (χ3n) is 4.87. The molecule has 0 radical (unpaired) electrons. The molecular formula is C21H28N2. The van der Waals surface area contributed by atoms with Crippen LogP contribution in [0.3, 0.4) is 0 Å². The zero-order valence-electron chi connectivity index (χ0n) is 14.1. The topological polar surface area (TPSA) is 24.1 Å². The second kappa shape index (κ2) is 8.28. The number of aryl methyl sites for hydroxylation is 1. The number of fused-ring (bicyclic) bond motifs is 1. The molecule has 23 heavy (non-hydrogen) atoms. The fourth-order valence-corrected chi connectivity index (χ4v) is 3.62. The largest absolute Gasteiger partial charge is 0.314 e. The Labute approximate surface area is 140 Å². The lowest BCUT2D eigenvalue weighted by molar-refractivity contribution is 0.423. The van der Waals surface area contributed by atoms with Gasteiger partial charge >= 0.3 is 0 Å². The lowest BCUT2D eigenvalue weighted by atomic mass is 9.88. The standard InChI is InChI=1S/C21H28N2/c1-2-22-21(18-9-4-3-5-10-18)14-15-23-20-13-12-17-8-6-7-11-19(17)16-20/h3-11,20-23H,2,12-16H2,1H3. The molecule has 0 bridgehead atoms. The summed E-state index contributed by atoms with van der Waals surface area (Å²) in [6.07, 6.45) is 4.78. The van der Waals surface area contributed by atoms with Crippen molar-refractivity contribution in [1.29, 1.82) is 0 Å². The van der Waals surface area contributed by atoms with Gasteiger partial charge in [-0.05, 0) is 55.5 Å². The maximum absolute atomic E-state index is 3.78. The summed E-state index contributed by atoms with van der Waals surface area (Å²) >= 11 is 0. The molecule has 2 heteroatoms. The third kappa shape index (κ3) is 4.43. The van der Waals surface area contributed by atoms with Crippen molar-refractivity contribution in [2.45, 2.75) is 44.7 Å². The Hall–Kier alpha value is -1.64. The van der Waals surface area contributed by atoms with Crippen LogP contribution >= 0.6 is 0 Å². The monoisotopic (exact) mass is 308 g/mol. The molecule has 2 unspecified atom stereocenters. The van der Waals surface area contributed by atoms with E-state index in [2.05, 4.69) is 72.2 Å². The van der Waals surface area contributed by atoms with Crippen LogP contribution in [-0.4, -0.2) is 19.1 Å². The van der Waals surface area contributed by atoms with Gasteiger partial charge in [0.15, 0.2) is 0 Å². The maximum atomic E-state index is 3.78. The van der Waals surface area contributed by atoms with Crippen molar-refractivity contribution in [3.63, 3.8) is 0 Å². The molecule has 2 nitrogen and oxygen atoms in total. The Balaban J connectivity index is 1.50. The van der Waals surface area contributed by atoms with Crippen LogP contribution < -0.4 is 10.6 Å². The van der Waals surface area contributed by atoms with Crippen molar-refractivity contribution in [2.75, 3.05) is 13.1 Å². The molecule has 2 aromatic carbocycles. The van der Waals surface area contributed by atoms with Gasteiger partial charge in [-0.25, -0.2) is 0 Å². The number of hydrogen-bond acceptors (Lipinski definition) is 2. The molecule has 0 aromatic heterocycles. The van der Waals surface area contributed by atoms with E-state index in [0.717, 1.165) is 19.5 Å². The smallest absolute Gasteiger partial charge is 0.0332 e. The molecule has 2 aromatic rings. The van der Waals surface area contributed by atoms with E-state index in [4.69, 9.17) is 0 Å². The second-order valence-corrected chi connectivity index (χ2v) is 6.47. The number of hydrogen-bond donors (Lipinski definition) is 2. The van der Waals surface area contributed by atoms with E-state index in [1.807, 2.05) is 0 Å².